The fourth-order valence-electron chi connectivity index (χ4n) is 1.45. The molecule has 0 aliphatic carbocycles. The van der Waals surface area contributed by atoms with Gasteiger partial charge in [0, 0.05) is 0 Å². The van der Waals surface area contributed by atoms with Gasteiger partial charge in [0.1, 0.15) is 0 Å². The van der Waals surface area contributed by atoms with Crippen molar-refractivity contribution in [3.8, 4) is 0 Å². The van der Waals surface area contributed by atoms with Crippen LogP contribution >= 0.6 is 0 Å². The molecule has 0 saturated heterocycles. The number of aryl methyl sites for hydroxylation is 1. The van der Waals surface area contributed by atoms with Crippen molar-refractivity contribution in [3.63, 3.8) is 0 Å². The van der Waals surface area contributed by atoms with Crippen LogP contribution in [-0.4, -0.2) is 10.1 Å². The summed E-state index contributed by atoms with van der Waals surface area (Å²) in [5.41, 5.74) is 1.13. The van der Waals surface area contributed by atoms with E-state index in [9.17, 15) is 10.1 Å². The molecule has 17 heavy (non-hydrogen) atoms. The minimum atomic E-state index is -0.490. The zero-order valence-corrected chi connectivity index (χ0v) is 9.16. The van der Waals surface area contributed by atoms with E-state index in [2.05, 4.69) is 5.16 Å². The van der Waals surface area contributed by atoms with E-state index in [0.717, 1.165) is 5.56 Å². The average molecular weight is 230 g/mol. The van der Waals surface area contributed by atoms with Crippen LogP contribution in [0, 0.1) is 17.0 Å². The summed E-state index contributed by atoms with van der Waals surface area (Å²) in [5, 5.41) is 14.4. The van der Waals surface area contributed by atoms with E-state index in [0.29, 0.717) is 0 Å². The van der Waals surface area contributed by atoms with Gasteiger partial charge in [-0.05, 0) is 18.6 Å². The highest BCUT2D eigenvalue weighted by Crippen LogP contribution is 2.24. The SMILES string of the molecule is Cc1noc(/C=C\c2ccccc2)c1[N+](=O)[O-]. The molecule has 0 saturated carbocycles. The average Bonchev–Trinajstić information content (AvgIpc) is 2.69. The second-order valence-corrected chi connectivity index (χ2v) is 3.48. The van der Waals surface area contributed by atoms with Crippen molar-refractivity contribution in [2.24, 2.45) is 0 Å². The number of nitro groups is 1. The summed E-state index contributed by atoms with van der Waals surface area (Å²) >= 11 is 0. The lowest BCUT2D eigenvalue weighted by Gasteiger charge is -1.90. The van der Waals surface area contributed by atoms with Gasteiger partial charge in [-0.15, -0.1) is 0 Å². The number of benzene rings is 1. The Labute approximate surface area is 97.5 Å². The highest BCUT2D eigenvalue weighted by molar-refractivity contribution is 5.71. The van der Waals surface area contributed by atoms with E-state index in [1.165, 1.54) is 0 Å². The van der Waals surface area contributed by atoms with Gasteiger partial charge in [-0.25, -0.2) is 0 Å². The topological polar surface area (TPSA) is 69.2 Å². The first-order chi connectivity index (χ1) is 8.18. The Morgan fingerprint density at radius 2 is 2.00 bits per heavy atom. The van der Waals surface area contributed by atoms with Gasteiger partial charge in [0.05, 0.1) is 4.92 Å². The molecule has 1 heterocycles. The van der Waals surface area contributed by atoms with Crippen molar-refractivity contribution in [2.75, 3.05) is 0 Å². The Hall–Kier alpha value is -2.43. The first kappa shape index (κ1) is 11.1. The summed E-state index contributed by atoms with van der Waals surface area (Å²) in [4.78, 5) is 10.3. The van der Waals surface area contributed by atoms with Crippen molar-refractivity contribution in [2.45, 2.75) is 6.92 Å². The lowest BCUT2D eigenvalue weighted by atomic mass is 10.2. The van der Waals surface area contributed by atoms with Crippen LogP contribution in [0.15, 0.2) is 34.9 Å². The molecule has 0 aliphatic rings. The molecule has 5 heteroatoms. The first-order valence-electron chi connectivity index (χ1n) is 5.02. The van der Waals surface area contributed by atoms with Crippen molar-refractivity contribution in [1.82, 2.24) is 5.16 Å². The largest absolute Gasteiger partial charge is 0.349 e. The molecule has 2 rings (SSSR count). The molecule has 0 unspecified atom stereocenters. The molecule has 2 aromatic rings. The Bertz CT molecular complexity index is 558. The van der Waals surface area contributed by atoms with Crippen LogP contribution < -0.4 is 0 Å². The van der Waals surface area contributed by atoms with Gasteiger partial charge in [-0.3, -0.25) is 10.1 Å². The number of rotatable bonds is 3. The number of hydrogen-bond acceptors (Lipinski definition) is 4. The molecule has 86 valence electrons. The summed E-state index contributed by atoms with van der Waals surface area (Å²) in [6.45, 7) is 1.54. The standard InChI is InChI=1S/C12H10N2O3/c1-9-12(14(15)16)11(17-13-9)8-7-10-5-3-2-4-6-10/h2-8H,1H3/b8-7-. The Morgan fingerprint density at radius 1 is 1.29 bits per heavy atom. The summed E-state index contributed by atoms with van der Waals surface area (Å²) in [6, 6.07) is 9.47. The van der Waals surface area contributed by atoms with Crippen molar-refractivity contribution >= 4 is 17.8 Å². The van der Waals surface area contributed by atoms with E-state index >= 15 is 0 Å². The molecule has 5 nitrogen and oxygen atoms in total. The van der Waals surface area contributed by atoms with Gasteiger partial charge < -0.3 is 4.52 Å². The fraction of sp³-hybridized carbons (Fsp3) is 0.0833. The van der Waals surface area contributed by atoms with Crippen molar-refractivity contribution in [1.29, 1.82) is 0 Å². The molecule has 0 atom stereocenters. The third kappa shape index (κ3) is 2.39. The molecular weight excluding hydrogens is 220 g/mol. The van der Waals surface area contributed by atoms with Crippen molar-refractivity contribution in [3.05, 3.63) is 57.5 Å². The molecule has 0 fully saturated rings. The molecule has 0 bridgehead atoms. The summed E-state index contributed by atoms with van der Waals surface area (Å²) < 4.78 is 4.90. The van der Waals surface area contributed by atoms with Crippen LogP contribution in [0.1, 0.15) is 17.0 Å². The third-order valence-corrected chi connectivity index (χ3v) is 2.27. The molecule has 1 aromatic carbocycles. The van der Waals surface area contributed by atoms with Gasteiger partial charge in [-0.2, -0.15) is 0 Å². The molecule has 0 N–H and O–H groups in total. The Kier molecular flexibility index (Phi) is 3.00. The van der Waals surface area contributed by atoms with Crippen molar-refractivity contribution < 1.29 is 9.45 Å². The van der Waals surface area contributed by atoms with Crippen LogP contribution in [0.2, 0.25) is 0 Å². The molecule has 0 spiro atoms. The number of nitrogens with zero attached hydrogens (tertiary/aromatic N) is 2. The normalized spacial score (nSPS) is 10.9. The predicted octanol–water partition coefficient (Wildman–Crippen LogP) is 3.06. The van der Waals surface area contributed by atoms with E-state index in [1.54, 1.807) is 19.1 Å². The molecule has 1 aromatic heterocycles. The van der Waals surface area contributed by atoms with Crippen LogP contribution in [-0.2, 0) is 0 Å². The van der Waals surface area contributed by atoms with E-state index in [4.69, 9.17) is 4.52 Å². The maximum absolute atomic E-state index is 10.8. The Balaban J connectivity index is 2.31. The van der Waals surface area contributed by atoms with Gasteiger partial charge in [0.25, 0.3) is 0 Å². The van der Waals surface area contributed by atoms with E-state index < -0.39 is 4.92 Å². The van der Waals surface area contributed by atoms with Crippen LogP contribution in [0.5, 0.6) is 0 Å². The maximum Gasteiger partial charge on any atom is 0.338 e. The predicted molar refractivity (Wildman–Crippen MR) is 63.3 cm³/mol. The van der Waals surface area contributed by atoms with Gasteiger partial charge in [-0.1, -0.05) is 41.6 Å². The molecular formula is C12H10N2O3. The minimum absolute atomic E-state index is 0.0859. The zero-order valence-electron chi connectivity index (χ0n) is 9.16. The van der Waals surface area contributed by atoms with Crippen LogP contribution in [0.4, 0.5) is 5.69 Å². The van der Waals surface area contributed by atoms with Gasteiger partial charge in [0.2, 0.25) is 5.76 Å². The lowest BCUT2D eigenvalue weighted by molar-refractivity contribution is -0.386. The monoisotopic (exact) mass is 230 g/mol. The molecule has 0 aliphatic heterocycles. The smallest absolute Gasteiger partial charge is 0.338 e. The highest BCUT2D eigenvalue weighted by atomic mass is 16.6. The highest BCUT2D eigenvalue weighted by Gasteiger charge is 2.21. The lowest BCUT2D eigenvalue weighted by Crippen LogP contribution is -1.90. The van der Waals surface area contributed by atoms with E-state index in [1.807, 2.05) is 30.3 Å². The second kappa shape index (κ2) is 4.61. The summed E-state index contributed by atoms with van der Waals surface area (Å²) in [5.74, 6) is 0.163. The molecule has 0 radical (unpaired) electrons. The van der Waals surface area contributed by atoms with E-state index in [-0.39, 0.29) is 17.1 Å². The first-order valence-corrected chi connectivity index (χ1v) is 5.02. The van der Waals surface area contributed by atoms with Gasteiger partial charge >= 0.3 is 5.69 Å². The zero-order chi connectivity index (χ0) is 12.3. The second-order valence-electron chi connectivity index (χ2n) is 3.48. The summed E-state index contributed by atoms with van der Waals surface area (Å²) in [7, 11) is 0. The third-order valence-electron chi connectivity index (χ3n) is 2.27. The minimum Gasteiger partial charge on any atom is -0.349 e. The molecule has 0 amide bonds. The quantitative estimate of drug-likeness (QED) is 0.600. The Morgan fingerprint density at radius 3 is 2.65 bits per heavy atom. The van der Waals surface area contributed by atoms with Crippen LogP contribution in [0.25, 0.3) is 12.2 Å². The number of aromatic nitrogens is 1. The fourth-order valence-corrected chi connectivity index (χ4v) is 1.45. The maximum atomic E-state index is 10.8. The van der Waals surface area contributed by atoms with Crippen LogP contribution in [0.3, 0.4) is 0 Å². The summed E-state index contributed by atoms with van der Waals surface area (Å²) in [6.07, 6.45) is 3.29. The van der Waals surface area contributed by atoms with Gasteiger partial charge in [0.15, 0.2) is 5.69 Å². The number of hydrogen-bond donors (Lipinski definition) is 0.